The van der Waals surface area contributed by atoms with Gasteiger partial charge in [-0.1, -0.05) is 51.1 Å². The molecule has 1 aliphatic carbocycles. The molecule has 0 radical (unpaired) electrons. The van der Waals surface area contributed by atoms with Crippen molar-refractivity contribution < 1.29 is 4.79 Å². The van der Waals surface area contributed by atoms with E-state index in [4.69, 9.17) is 0 Å². The highest BCUT2D eigenvalue weighted by atomic mass is 32.2. The van der Waals surface area contributed by atoms with Gasteiger partial charge in [-0.05, 0) is 19.1 Å². The fourth-order valence-electron chi connectivity index (χ4n) is 5.01. The molecule has 3 aliphatic rings. The number of hydrogen-bond donors (Lipinski definition) is 0. The van der Waals surface area contributed by atoms with E-state index in [1.54, 1.807) is 11.8 Å². The summed E-state index contributed by atoms with van der Waals surface area (Å²) in [7, 11) is -1.49. The molecule has 2 saturated heterocycles. The van der Waals surface area contributed by atoms with E-state index in [0.29, 0.717) is 17.7 Å². The van der Waals surface area contributed by atoms with Crippen LogP contribution in [-0.4, -0.2) is 48.4 Å². The lowest BCUT2D eigenvalue weighted by atomic mass is 10.2. The number of urea groups is 1. The zero-order valence-corrected chi connectivity index (χ0v) is 16.8. The Morgan fingerprint density at radius 1 is 1.26 bits per heavy atom. The van der Waals surface area contributed by atoms with E-state index in [1.165, 1.54) is 41.6 Å². The lowest BCUT2D eigenvalue weighted by molar-refractivity contribution is 0.199. The van der Waals surface area contributed by atoms with Crippen LogP contribution in [0.5, 0.6) is 0 Å². The molecule has 5 heteroatoms. The van der Waals surface area contributed by atoms with Gasteiger partial charge in [0.15, 0.2) is 0 Å². The molecule has 0 unspecified atom stereocenters. The van der Waals surface area contributed by atoms with E-state index in [-0.39, 0.29) is 0 Å². The summed E-state index contributed by atoms with van der Waals surface area (Å²) in [5, 5.41) is 0. The Morgan fingerprint density at radius 3 is 2.57 bits per heavy atom. The Morgan fingerprint density at radius 2 is 1.96 bits per heavy atom. The van der Waals surface area contributed by atoms with Crippen molar-refractivity contribution in [2.45, 2.75) is 69.9 Å². The normalized spacial score (nSPS) is 27.6. The third-order valence-corrected chi connectivity index (χ3v) is 13.4. The van der Waals surface area contributed by atoms with Gasteiger partial charge in [-0.15, -0.1) is 11.8 Å². The van der Waals surface area contributed by atoms with Crippen LogP contribution in [0.1, 0.15) is 40.0 Å². The number of carbonyl (C=O) groups excluding carboxylic acids is 1. The fourth-order valence-corrected chi connectivity index (χ4v) is 10.4. The van der Waals surface area contributed by atoms with E-state index < -0.39 is 8.07 Å². The molecule has 0 aromatic carbocycles. The van der Waals surface area contributed by atoms with Gasteiger partial charge in [-0.25, -0.2) is 4.79 Å². The highest BCUT2D eigenvalue weighted by Crippen LogP contribution is 2.45. The second-order valence-electron chi connectivity index (χ2n) is 7.04. The van der Waals surface area contributed by atoms with E-state index in [2.05, 4.69) is 49.0 Å². The van der Waals surface area contributed by atoms with Crippen LogP contribution in [0.2, 0.25) is 18.1 Å². The van der Waals surface area contributed by atoms with Gasteiger partial charge < -0.3 is 4.90 Å². The van der Waals surface area contributed by atoms with E-state index in [0.717, 1.165) is 13.0 Å². The standard InChI is InChI=1S/C18H30N2OSSi/c1-5-23(6-2,7-3)17-15-11-9-13-19(15)18(21)20(17)14-10-8-12-16(14)22-4/h8,12,15,17H,5-7,9-11,13H2,1-4H3/t15-,17+/m0/s1. The van der Waals surface area contributed by atoms with E-state index >= 15 is 0 Å². The summed E-state index contributed by atoms with van der Waals surface area (Å²) in [5.41, 5.74) is 1.77. The van der Waals surface area contributed by atoms with E-state index in [1.807, 2.05) is 0 Å². The molecule has 23 heavy (non-hydrogen) atoms. The summed E-state index contributed by atoms with van der Waals surface area (Å²) < 4.78 is 0. The van der Waals surface area contributed by atoms with Crippen LogP contribution in [0, 0.1) is 0 Å². The molecule has 2 fully saturated rings. The van der Waals surface area contributed by atoms with E-state index in [9.17, 15) is 4.79 Å². The van der Waals surface area contributed by atoms with Crippen molar-refractivity contribution in [3.63, 3.8) is 0 Å². The Hall–Kier alpha value is -0.683. The number of nitrogens with zero attached hydrogens (tertiary/aromatic N) is 2. The monoisotopic (exact) mass is 350 g/mol. The van der Waals surface area contributed by atoms with Gasteiger partial charge in [-0.3, -0.25) is 4.90 Å². The zero-order chi connectivity index (χ0) is 16.6. The highest BCUT2D eigenvalue weighted by molar-refractivity contribution is 8.02. The first-order valence-corrected chi connectivity index (χ1v) is 13.1. The maximum Gasteiger partial charge on any atom is 0.324 e. The minimum absolute atomic E-state index is 0.301. The summed E-state index contributed by atoms with van der Waals surface area (Å²) in [6.07, 6.45) is 9.89. The lowest BCUT2D eigenvalue weighted by Gasteiger charge is -2.42. The molecule has 0 spiro atoms. The molecule has 3 rings (SSSR count). The molecular formula is C18H30N2OSSi. The molecule has 0 saturated carbocycles. The van der Waals surface area contributed by atoms with Crippen LogP contribution in [0.3, 0.4) is 0 Å². The summed E-state index contributed by atoms with van der Waals surface area (Å²) in [4.78, 5) is 19.0. The average Bonchev–Trinajstić information content (AvgIpc) is 3.28. The van der Waals surface area contributed by atoms with Gasteiger partial charge in [0, 0.05) is 23.6 Å². The fraction of sp³-hybridized carbons (Fsp3) is 0.722. The van der Waals surface area contributed by atoms with Crippen molar-refractivity contribution >= 4 is 25.9 Å². The number of amides is 2. The van der Waals surface area contributed by atoms with Crippen LogP contribution in [-0.2, 0) is 0 Å². The first-order valence-electron chi connectivity index (χ1n) is 9.17. The van der Waals surface area contributed by atoms with Gasteiger partial charge in [0.2, 0.25) is 0 Å². The van der Waals surface area contributed by atoms with Crippen molar-refractivity contribution in [1.82, 2.24) is 9.80 Å². The molecule has 128 valence electrons. The van der Waals surface area contributed by atoms with Crippen molar-refractivity contribution in [2.75, 3.05) is 12.8 Å². The molecular weight excluding hydrogens is 320 g/mol. The smallest absolute Gasteiger partial charge is 0.320 e. The average molecular weight is 351 g/mol. The summed E-state index contributed by atoms with van der Waals surface area (Å²) in [6.45, 7) is 8.08. The number of allylic oxidation sites excluding steroid dienone is 2. The minimum Gasteiger partial charge on any atom is -0.320 e. The lowest BCUT2D eigenvalue weighted by Crippen LogP contribution is -2.57. The number of hydrogen-bond acceptors (Lipinski definition) is 2. The number of fused-ring (bicyclic) bond motifs is 1. The van der Waals surface area contributed by atoms with Gasteiger partial charge >= 0.3 is 6.03 Å². The molecule has 2 atom stereocenters. The molecule has 0 bridgehead atoms. The topological polar surface area (TPSA) is 23.6 Å². The molecule has 2 heterocycles. The molecule has 2 amide bonds. The third-order valence-electron chi connectivity index (χ3n) is 6.51. The van der Waals surface area contributed by atoms with Gasteiger partial charge in [0.25, 0.3) is 0 Å². The van der Waals surface area contributed by atoms with Crippen LogP contribution < -0.4 is 0 Å². The summed E-state index contributed by atoms with van der Waals surface area (Å²) >= 11 is 1.79. The Kier molecular flexibility index (Phi) is 4.97. The molecule has 0 N–H and O–H groups in total. The second-order valence-corrected chi connectivity index (χ2v) is 13.3. The predicted octanol–water partition coefficient (Wildman–Crippen LogP) is 4.84. The third kappa shape index (κ3) is 2.51. The second kappa shape index (κ2) is 6.67. The largest absolute Gasteiger partial charge is 0.324 e. The van der Waals surface area contributed by atoms with Crippen molar-refractivity contribution in [3.8, 4) is 0 Å². The number of carbonyl (C=O) groups is 1. The quantitative estimate of drug-likeness (QED) is 0.640. The van der Waals surface area contributed by atoms with Gasteiger partial charge in [-0.2, -0.15) is 0 Å². The Balaban J connectivity index is 2.07. The van der Waals surface area contributed by atoms with Crippen molar-refractivity contribution in [1.29, 1.82) is 0 Å². The maximum atomic E-state index is 13.2. The van der Waals surface area contributed by atoms with Crippen LogP contribution in [0.4, 0.5) is 4.79 Å². The predicted molar refractivity (Wildman–Crippen MR) is 102 cm³/mol. The number of thioether (sulfide) groups is 1. The van der Waals surface area contributed by atoms with Crippen LogP contribution in [0.25, 0.3) is 0 Å². The van der Waals surface area contributed by atoms with Gasteiger partial charge in [0.05, 0.1) is 19.8 Å². The first-order chi connectivity index (χ1) is 11.1. The van der Waals surface area contributed by atoms with Crippen molar-refractivity contribution in [2.24, 2.45) is 0 Å². The first kappa shape index (κ1) is 17.2. The number of rotatable bonds is 6. The molecule has 2 aliphatic heterocycles. The van der Waals surface area contributed by atoms with Crippen molar-refractivity contribution in [3.05, 3.63) is 22.8 Å². The molecule has 0 aromatic heterocycles. The Bertz CT molecular complexity index is 533. The van der Waals surface area contributed by atoms with Gasteiger partial charge in [0.1, 0.15) is 0 Å². The SMILES string of the molecule is CC[Si](CC)(CC)[C@@H]1[C@@H]2CCCN2C(=O)N1C1=C(SC)C=CC1. The molecule has 3 nitrogen and oxygen atoms in total. The summed E-state index contributed by atoms with van der Waals surface area (Å²) in [5.74, 6) is 0. The zero-order valence-electron chi connectivity index (χ0n) is 15.0. The maximum absolute atomic E-state index is 13.2. The molecule has 0 aromatic rings. The Labute approximate surface area is 146 Å². The van der Waals surface area contributed by atoms with Crippen LogP contribution >= 0.6 is 11.8 Å². The summed E-state index contributed by atoms with van der Waals surface area (Å²) in [6, 6.07) is 4.64. The highest BCUT2D eigenvalue weighted by Gasteiger charge is 2.56. The minimum atomic E-state index is -1.49. The van der Waals surface area contributed by atoms with Crippen LogP contribution in [0.15, 0.2) is 22.8 Å².